The van der Waals surface area contributed by atoms with E-state index in [9.17, 15) is 9.59 Å². The van der Waals surface area contributed by atoms with E-state index in [0.29, 0.717) is 21.9 Å². The zero-order chi connectivity index (χ0) is 18.0. The molecule has 0 aliphatic rings. The van der Waals surface area contributed by atoms with Crippen LogP contribution in [0.4, 0.5) is 0 Å². The van der Waals surface area contributed by atoms with Crippen molar-refractivity contribution < 1.29 is 4.79 Å². The summed E-state index contributed by atoms with van der Waals surface area (Å²) in [5.74, 6) is 0.258. The van der Waals surface area contributed by atoms with Gasteiger partial charge >= 0.3 is 0 Å². The van der Waals surface area contributed by atoms with Crippen LogP contribution < -0.4 is 5.56 Å². The zero-order valence-corrected chi connectivity index (χ0v) is 16.0. The zero-order valence-electron chi connectivity index (χ0n) is 14.4. The highest BCUT2D eigenvalue weighted by Crippen LogP contribution is 2.21. The summed E-state index contributed by atoms with van der Waals surface area (Å²) in [5, 5.41) is 3.05. The number of fused-ring (bicyclic) bond motifs is 1. The Kier molecular flexibility index (Phi) is 5.24. The second kappa shape index (κ2) is 7.41. The molecule has 25 heavy (non-hydrogen) atoms. The van der Waals surface area contributed by atoms with E-state index in [-0.39, 0.29) is 17.2 Å². The number of carbonyl (C=O) groups excluding carboxylic acids is 1. The van der Waals surface area contributed by atoms with Gasteiger partial charge in [-0.1, -0.05) is 36.0 Å². The molecule has 2 heterocycles. The molecular weight excluding hydrogens is 354 g/mol. The van der Waals surface area contributed by atoms with E-state index in [2.05, 4.69) is 4.98 Å². The summed E-state index contributed by atoms with van der Waals surface area (Å²) in [5.41, 5.74) is 2.23. The lowest BCUT2D eigenvalue weighted by molar-refractivity contribution is -0.127. The smallest absolute Gasteiger partial charge is 0.262 e. The number of hydrogen-bond donors (Lipinski definition) is 0. The number of carbonyl (C=O) groups is 1. The van der Waals surface area contributed by atoms with Crippen molar-refractivity contribution in [1.82, 2.24) is 14.5 Å². The van der Waals surface area contributed by atoms with Gasteiger partial charge in [-0.25, -0.2) is 4.98 Å². The fourth-order valence-electron chi connectivity index (χ4n) is 2.48. The highest BCUT2D eigenvalue weighted by atomic mass is 32.2. The molecule has 3 rings (SSSR count). The average molecular weight is 374 g/mol. The molecule has 2 aromatic heterocycles. The molecule has 0 N–H and O–H groups in total. The Morgan fingerprint density at radius 2 is 2.08 bits per heavy atom. The van der Waals surface area contributed by atoms with Gasteiger partial charge in [0.2, 0.25) is 5.91 Å². The Balaban J connectivity index is 1.69. The van der Waals surface area contributed by atoms with Crippen molar-refractivity contribution >= 4 is 39.2 Å². The number of nitrogens with zero attached hydrogens (tertiary/aromatic N) is 3. The van der Waals surface area contributed by atoms with Crippen molar-refractivity contribution in [2.24, 2.45) is 7.05 Å². The summed E-state index contributed by atoms with van der Waals surface area (Å²) in [6, 6.07) is 9.82. The number of benzene rings is 1. The van der Waals surface area contributed by atoms with Crippen molar-refractivity contribution in [3.05, 3.63) is 57.2 Å². The molecule has 0 saturated carbocycles. The maximum Gasteiger partial charge on any atom is 0.262 e. The van der Waals surface area contributed by atoms with Gasteiger partial charge in [0.1, 0.15) is 4.83 Å². The first kappa shape index (κ1) is 17.7. The second-order valence-corrected chi connectivity index (χ2v) is 7.70. The standard InChI is InChI=1S/C18H19N3O2S2/c1-12-6-4-5-7-13(12)10-20(2)15(22)11-25-18-19-16-14(8-9-24-16)17(23)21(18)3/h4-9H,10-11H2,1-3H3. The lowest BCUT2D eigenvalue weighted by Gasteiger charge is -2.18. The van der Waals surface area contributed by atoms with Crippen molar-refractivity contribution in [3.63, 3.8) is 0 Å². The molecule has 3 aromatic rings. The number of thiophene rings is 1. The molecule has 1 aromatic carbocycles. The first-order valence-corrected chi connectivity index (χ1v) is 9.69. The maximum absolute atomic E-state index is 12.4. The summed E-state index contributed by atoms with van der Waals surface area (Å²) in [4.78, 5) is 31.6. The van der Waals surface area contributed by atoms with Gasteiger partial charge in [-0.15, -0.1) is 11.3 Å². The van der Waals surface area contributed by atoms with Crippen LogP contribution in [-0.4, -0.2) is 33.2 Å². The van der Waals surface area contributed by atoms with E-state index in [0.717, 1.165) is 5.56 Å². The van der Waals surface area contributed by atoms with E-state index in [1.54, 1.807) is 25.1 Å². The third-order valence-corrected chi connectivity index (χ3v) is 5.90. The lowest BCUT2D eigenvalue weighted by Crippen LogP contribution is -2.28. The van der Waals surface area contributed by atoms with Gasteiger partial charge in [0.25, 0.3) is 5.56 Å². The van der Waals surface area contributed by atoms with Crippen LogP contribution in [-0.2, 0) is 18.4 Å². The molecule has 0 fully saturated rings. The first-order chi connectivity index (χ1) is 12.0. The number of amides is 1. The summed E-state index contributed by atoms with van der Waals surface area (Å²) < 4.78 is 1.51. The van der Waals surface area contributed by atoms with Crippen LogP contribution >= 0.6 is 23.1 Å². The molecule has 5 nitrogen and oxygen atoms in total. The Labute approximate surface area is 154 Å². The number of rotatable bonds is 5. The summed E-state index contributed by atoms with van der Waals surface area (Å²) in [6.45, 7) is 2.61. The van der Waals surface area contributed by atoms with Crippen LogP contribution in [0.3, 0.4) is 0 Å². The van der Waals surface area contributed by atoms with Crippen molar-refractivity contribution in [1.29, 1.82) is 0 Å². The minimum atomic E-state index is -0.0746. The quantitative estimate of drug-likeness (QED) is 0.509. The Hall–Kier alpha value is -2.12. The first-order valence-electron chi connectivity index (χ1n) is 7.83. The topological polar surface area (TPSA) is 55.2 Å². The predicted molar refractivity (Wildman–Crippen MR) is 103 cm³/mol. The van der Waals surface area contributed by atoms with Crippen LogP contribution in [0.5, 0.6) is 0 Å². The third kappa shape index (κ3) is 3.77. The molecule has 0 saturated heterocycles. The largest absolute Gasteiger partial charge is 0.341 e. The van der Waals surface area contributed by atoms with Crippen LogP contribution in [0.25, 0.3) is 10.2 Å². The lowest BCUT2D eigenvalue weighted by atomic mass is 10.1. The molecule has 7 heteroatoms. The number of aryl methyl sites for hydroxylation is 1. The summed E-state index contributed by atoms with van der Waals surface area (Å²) in [7, 11) is 3.49. The third-order valence-electron chi connectivity index (χ3n) is 4.08. The molecular formula is C18H19N3O2S2. The van der Waals surface area contributed by atoms with E-state index in [1.807, 2.05) is 36.6 Å². The fraction of sp³-hybridized carbons (Fsp3) is 0.278. The van der Waals surface area contributed by atoms with Crippen LogP contribution in [0.2, 0.25) is 0 Å². The Morgan fingerprint density at radius 3 is 2.84 bits per heavy atom. The minimum absolute atomic E-state index is 0.00813. The monoisotopic (exact) mass is 373 g/mol. The van der Waals surface area contributed by atoms with E-state index in [4.69, 9.17) is 0 Å². The predicted octanol–water partition coefficient (Wildman–Crippen LogP) is 3.05. The normalized spacial score (nSPS) is 11.0. The van der Waals surface area contributed by atoms with Crippen LogP contribution in [0.1, 0.15) is 11.1 Å². The molecule has 130 valence electrons. The van der Waals surface area contributed by atoms with Gasteiger partial charge in [0.05, 0.1) is 11.1 Å². The van der Waals surface area contributed by atoms with Gasteiger partial charge in [-0.05, 0) is 29.5 Å². The molecule has 0 bridgehead atoms. The van der Waals surface area contributed by atoms with Gasteiger partial charge in [0, 0.05) is 20.6 Å². The number of thioether (sulfide) groups is 1. The van der Waals surface area contributed by atoms with E-state index in [1.165, 1.54) is 33.2 Å². The molecule has 0 spiro atoms. The molecule has 0 aliphatic heterocycles. The van der Waals surface area contributed by atoms with Crippen molar-refractivity contribution in [2.75, 3.05) is 12.8 Å². The van der Waals surface area contributed by atoms with Gasteiger partial charge in [0.15, 0.2) is 5.16 Å². The highest BCUT2D eigenvalue weighted by Gasteiger charge is 2.14. The van der Waals surface area contributed by atoms with Gasteiger partial charge < -0.3 is 4.90 Å². The Bertz CT molecular complexity index is 978. The van der Waals surface area contributed by atoms with E-state index >= 15 is 0 Å². The van der Waals surface area contributed by atoms with Gasteiger partial charge in [-0.3, -0.25) is 14.2 Å². The average Bonchev–Trinajstić information content (AvgIpc) is 3.07. The molecule has 1 amide bonds. The maximum atomic E-state index is 12.4. The van der Waals surface area contributed by atoms with E-state index < -0.39 is 0 Å². The van der Waals surface area contributed by atoms with Crippen LogP contribution in [0.15, 0.2) is 45.7 Å². The molecule has 0 radical (unpaired) electrons. The SMILES string of the molecule is Cc1ccccc1CN(C)C(=O)CSc1nc2sccc2c(=O)n1C. The Morgan fingerprint density at radius 1 is 1.32 bits per heavy atom. The summed E-state index contributed by atoms with van der Waals surface area (Å²) >= 11 is 2.73. The summed E-state index contributed by atoms with van der Waals surface area (Å²) in [6.07, 6.45) is 0. The number of aromatic nitrogens is 2. The molecule has 0 unspecified atom stereocenters. The minimum Gasteiger partial charge on any atom is -0.341 e. The molecule has 0 aliphatic carbocycles. The molecule has 0 atom stereocenters. The fourth-order valence-corrected chi connectivity index (χ4v) is 4.19. The van der Waals surface area contributed by atoms with Gasteiger partial charge in [-0.2, -0.15) is 0 Å². The second-order valence-electron chi connectivity index (χ2n) is 5.86. The van der Waals surface area contributed by atoms with Crippen molar-refractivity contribution in [3.8, 4) is 0 Å². The number of hydrogen-bond acceptors (Lipinski definition) is 5. The highest BCUT2D eigenvalue weighted by molar-refractivity contribution is 7.99. The van der Waals surface area contributed by atoms with Crippen LogP contribution in [0, 0.1) is 6.92 Å². The van der Waals surface area contributed by atoms with Crippen molar-refractivity contribution in [2.45, 2.75) is 18.6 Å².